The first-order chi connectivity index (χ1) is 8.65. The van der Waals surface area contributed by atoms with Crippen molar-refractivity contribution in [1.29, 1.82) is 0 Å². The molecule has 2 nitrogen and oxygen atoms in total. The van der Waals surface area contributed by atoms with E-state index in [0.29, 0.717) is 12.0 Å². The van der Waals surface area contributed by atoms with Crippen LogP contribution in [0.15, 0.2) is 24.3 Å². The second-order valence-corrected chi connectivity index (χ2v) is 6.89. The molecule has 0 radical (unpaired) electrons. The van der Waals surface area contributed by atoms with E-state index in [2.05, 4.69) is 44.3 Å². The minimum absolute atomic E-state index is 0.556. The maximum Gasteiger partial charge on any atom is 0.142 e. The number of ether oxygens (including phenoxy) is 1. The molecule has 0 saturated carbocycles. The quantitative estimate of drug-likeness (QED) is 0.868. The predicted molar refractivity (Wildman–Crippen MR) is 80.7 cm³/mol. The van der Waals surface area contributed by atoms with E-state index in [4.69, 9.17) is 4.74 Å². The van der Waals surface area contributed by atoms with Crippen LogP contribution in [0.3, 0.4) is 0 Å². The molecule has 0 bridgehead atoms. The first kappa shape index (κ1) is 13.6. The number of rotatable bonds is 5. The van der Waals surface area contributed by atoms with Gasteiger partial charge in [0.05, 0.1) is 12.3 Å². The van der Waals surface area contributed by atoms with Crippen LogP contribution in [-0.2, 0) is 0 Å². The summed E-state index contributed by atoms with van der Waals surface area (Å²) in [4.78, 5) is 0. The summed E-state index contributed by atoms with van der Waals surface area (Å²) < 4.78 is 5.87. The van der Waals surface area contributed by atoms with E-state index in [1.54, 1.807) is 0 Å². The molecule has 1 saturated heterocycles. The Morgan fingerprint density at radius 3 is 2.83 bits per heavy atom. The molecule has 18 heavy (non-hydrogen) atoms. The second-order valence-electron chi connectivity index (χ2n) is 5.42. The van der Waals surface area contributed by atoms with Crippen LogP contribution in [0.4, 0.5) is 5.69 Å². The zero-order valence-electron chi connectivity index (χ0n) is 11.5. The zero-order chi connectivity index (χ0) is 13.0. The molecule has 0 aromatic heterocycles. The fraction of sp³-hybridized carbons (Fsp3) is 0.600. The first-order valence-corrected chi connectivity index (χ1v) is 7.80. The van der Waals surface area contributed by atoms with Gasteiger partial charge in [-0.1, -0.05) is 32.9 Å². The Morgan fingerprint density at radius 1 is 1.39 bits per heavy atom. The molecule has 0 aliphatic carbocycles. The van der Waals surface area contributed by atoms with Gasteiger partial charge < -0.3 is 10.1 Å². The lowest BCUT2D eigenvalue weighted by Crippen LogP contribution is -2.19. The number of nitrogens with one attached hydrogen (secondary N) is 1. The van der Waals surface area contributed by atoms with Gasteiger partial charge in [-0.05, 0) is 24.5 Å². The number of anilines is 1. The average molecular weight is 265 g/mol. The molecule has 1 aliphatic heterocycles. The minimum atomic E-state index is 0.556. The van der Waals surface area contributed by atoms with Gasteiger partial charge in [-0.25, -0.2) is 0 Å². The van der Waals surface area contributed by atoms with E-state index >= 15 is 0 Å². The number of hydrogen-bond donors (Lipinski definition) is 1. The highest BCUT2D eigenvalue weighted by Gasteiger charge is 2.22. The van der Waals surface area contributed by atoms with Gasteiger partial charge >= 0.3 is 0 Å². The zero-order valence-corrected chi connectivity index (χ0v) is 12.3. The normalized spacial score (nSPS) is 23.3. The first-order valence-electron chi connectivity index (χ1n) is 6.75. The fourth-order valence-electron chi connectivity index (χ4n) is 2.11. The Kier molecular flexibility index (Phi) is 4.81. The molecular weight excluding hydrogens is 242 g/mol. The van der Waals surface area contributed by atoms with Gasteiger partial charge in [-0.3, -0.25) is 0 Å². The van der Waals surface area contributed by atoms with Crippen LogP contribution in [0.2, 0.25) is 0 Å². The van der Waals surface area contributed by atoms with Gasteiger partial charge in [0.15, 0.2) is 0 Å². The van der Waals surface area contributed by atoms with Gasteiger partial charge in [0.1, 0.15) is 5.75 Å². The monoisotopic (exact) mass is 265 g/mol. The van der Waals surface area contributed by atoms with Crippen LogP contribution in [-0.4, -0.2) is 23.7 Å². The lowest BCUT2D eigenvalue weighted by atomic mass is 10.2. The topological polar surface area (TPSA) is 21.3 Å². The predicted octanol–water partition coefficient (Wildman–Crippen LogP) is 4.03. The highest BCUT2D eigenvalue weighted by Crippen LogP contribution is 2.31. The van der Waals surface area contributed by atoms with E-state index in [1.807, 2.05) is 17.8 Å². The molecule has 1 fully saturated rings. The van der Waals surface area contributed by atoms with Crippen LogP contribution < -0.4 is 10.1 Å². The van der Waals surface area contributed by atoms with Crippen molar-refractivity contribution in [3.8, 4) is 5.75 Å². The molecule has 1 heterocycles. The van der Waals surface area contributed by atoms with Crippen molar-refractivity contribution in [2.45, 2.75) is 38.5 Å². The highest BCUT2D eigenvalue weighted by atomic mass is 32.2. The summed E-state index contributed by atoms with van der Waals surface area (Å²) in [6.07, 6.45) is 1.24. The Labute approximate surface area is 114 Å². The molecule has 1 aromatic carbocycles. The van der Waals surface area contributed by atoms with Gasteiger partial charge in [-0.15, -0.1) is 0 Å². The van der Waals surface area contributed by atoms with E-state index in [0.717, 1.165) is 23.3 Å². The number of thioether (sulfide) groups is 1. The number of benzene rings is 1. The maximum absolute atomic E-state index is 5.87. The Balaban J connectivity index is 1.98. The summed E-state index contributed by atoms with van der Waals surface area (Å²) in [6, 6.07) is 8.84. The van der Waals surface area contributed by atoms with Gasteiger partial charge in [0.2, 0.25) is 0 Å². The SMILES string of the molecule is CC(C)COc1ccccc1NC1CSC(C)C1. The molecule has 2 unspecified atom stereocenters. The molecule has 100 valence electrons. The van der Waals surface area contributed by atoms with E-state index in [1.165, 1.54) is 12.2 Å². The molecule has 1 aromatic rings. The van der Waals surface area contributed by atoms with E-state index in [9.17, 15) is 0 Å². The minimum Gasteiger partial charge on any atom is -0.491 e. The lowest BCUT2D eigenvalue weighted by Gasteiger charge is -2.18. The summed E-state index contributed by atoms with van der Waals surface area (Å²) in [5.74, 6) is 2.73. The van der Waals surface area contributed by atoms with Crippen molar-refractivity contribution < 1.29 is 4.74 Å². The van der Waals surface area contributed by atoms with Crippen molar-refractivity contribution >= 4 is 17.4 Å². The second kappa shape index (κ2) is 6.37. The van der Waals surface area contributed by atoms with Crippen LogP contribution in [0, 0.1) is 5.92 Å². The van der Waals surface area contributed by atoms with Gasteiger partial charge in [0, 0.05) is 17.0 Å². The van der Waals surface area contributed by atoms with Crippen LogP contribution >= 0.6 is 11.8 Å². The van der Waals surface area contributed by atoms with Crippen molar-refractivity contribution in [3.63, 3.8) is 0 Å². The third kappa shape index (κ3) is 3.84. The Bertz CT molecular complexity index is 381. The molecule has 1 N–H and O–H groups in total. The van der Waals surface area contributed by atoms with E-state index < -0.39 is 0 Å². The molecular formula is C15H23NOS. The van der Waals surface area contributed by atoms with Crippen molar-refractivity contribution in [1.82, 2.24) is 0 Å². The smallest absolute Gasteiger partial charge is 0.142 e. The highest BCUT2D eigenvalue weighted by molar-refractivity contribution is 8.00. The van der Waals surface area contributed by atoms with E-state index in [-0.39, 0.29) is 0 Å². The maximum atomic E-state index is 5.87. The van der Waals surface area contributed by atoms with Gasteiger partial charge in [0.25, 0.3) is 0 Å². The Hall–Kier alpha value is -0.830. The average Bonchev–Trinajstić information content (AvgIpc) is 2.73. The largest absolute Gasteiger partial charge is 0.491 e. The summed E-state index contributed by atoms with van der Waals surface area (Å²) >= 11 is 2.05. The molecule has 0 amide bonds. The third-order valence-corrected chi connectivity index (χ3v) is 4.37. The fourth-order valence-corrected chi connectivity index (χ4v) is 3.25. The molecule has 2 atom stereocenters. The summed E-state index contributed by atoms with van der Waals surface area (Å²) in [5, 5.41) is 4.39. The molecule has 1 aliphatic rings. The molecule has 0 spiro atoms. The molecule has 2 rings (SSSR count). The number of para-hydroxylation sites is 2. The summed E-state index contributed by atoms with van der Waals surface area (Å²) in [7, 11) is 0. The Morgan fingerprint density at radius 2 is 2.17 bits per heavy atom. The number of hydrogen-bond acceptors (Lipinski definition) is 3. The molecule has 3 heteroatoms. The van der Waals surface area contributed by atoms with Crippen LogP contribution in [0.1, 0.15) is 27.2 Å². The van der Waals surface area contributed by atoms with Crippen molar-refractivity contribution in [2.24, 2.45) is 5.92 Å². The van der Waals surface area contributed by atoms with Crippen LogP contribution in [0.5, 0.6) is 5.75 Å². The summed E-state index contributed by atoms with van der Waals surface area (Å²) in [6.45, 7) is 7.42. The van der Waals surface area contributed by atoms with Crippen molar-refractivity contribution in [2.75, 3.05) is 17.7 Å². The van der Waals surface area contributed by atoms with Crippen molar-refractivity contribution in [3.05, 3.63) is 24.3 Å². The third-order valence-electron chi connectivity index (χ3n) is 3.02. The van der Waals surface area contributed by atoms with Gasteiger partial charge in [-0.2, -0.15) is 11.8 Å². The standard InChI is InChI=1S/C15H23NOS/c1-11(2)9-17-15-7-5-4-6-14(15)16-13-8-12(3)18-10-13/h4-7,11-13,16H,8-10H2,1-3H3. The van der Waals surface area contributed by atoms with Crippen LogP contribution in [0.25, 0.3) is 0 Å². The lowest BCUT2D eigenvalue weighted by molar-refractivity contribution is 0.272. The summed E-state index contributed by atoms with van der Waals surface area (Å²) in [5.41, 5.74) is 1.14.